The molecule has 1 fully saturated rings. The lowest BCUT2D eigenvalue weighted by molar-refractivity contribution is -0.152. The summed E-state index contributed by atoms with van der Waals surface area (Å²) < 4.78 is 10.8. The second kappa shape index (κ2) is 7.67. The van der Waals surface area contributed by atoms with Crippen LogP contribution in [0.25, 0.3) is 0 Å². The molecule has 0 saturated heterocycles. The molecule has 0 bridgehead atoms. The van der Waals surface area contributed by atoms with E-state index in [1.54, 1.807) is 18.2 Å². The van der Waals surface area contributed by atoms with Gasteiger partial charge in [0.1, 0.15) is 11.9 Å². The van der Waals surface area contributed by atoms with Crippen LogP contribution in [0.3, 0.4) is 0 Å². The fourth-order valence-electron chi connectivity index (χ4n) is 2.46. The lowest BCUT2D eigenvalue weighted by atomic mass is 10.1. The Bertz CT molecular complexity index is 493. The molecule has 0 atom stereocenters. The molecular formula is C16H21NO4. The Kier molecular flexibility index (Phi) is 5.60. The topological polar surface area (TPSA) is 78.6 Å². The molecule has 5 heteroatoms. The van der Waals surface area contributed by atoms with Crippen LogP contribution in [0.15, 0.2) is 24.3 Å². The van der Waals surface area contributed by atoms with Crippen LogP contribution >= 0.6 is 0 Å². The number of nitrogens with two attached hydrogens (primary N) is 1. The van der Waals surface area contributed by atoms with E-state index in [1.807, 2.05) is 0 Å². The Hall–Kier alpha value is -2.04. The zero-order valence-electron chi connectivity index (χ0n) is 12.0. The van der Waals surface area contributed by atoms with Gasteiger partial charge in [0, 0.05) is 5.56 Å². The Labute approximate surface area is 124 Å². The number of benzene rings is 1. The maximum Gasteiger partial charge on any atom is 0.344 e. The van der Waals surface area contributed by atoms with Gasteiger partial charge in [0.2, 0.25) is 5.91 Å². The summed E-state index contributed by atoms with van der Waals surface area (Å²) in [6.45, 7) is -0.154. The first kappa shape index (κ1) is 15.4. The van der Waals surface area contributed by atoms with E-state index in [0.29, 0.717) is 11.3 Å². The molecule has 21 heavy (non-hydrogen) atoms. The smallest absolute Gasteiger partial charge is 0.344 e. The van der Waals surface area contributed by atoms with Gasteiger partial charge in [-0.05, 0) is 43.9 Å². The minimum Gasteiger partial charge on any atom is -0.482 e. The average molecular weight is 291 g/mol. The van der Waals surface area contributed by atoms with Crippen LogP contribution in [-0.2, 0) is 9.53 Å². The molecule has 1 aromatic carbocycles. The number of hydrogen-bond donors (Lipinski definition) is 1. The second-order valence-corrected chi connectivity index (χ2v) is 5.28. The average Bonchev–Trinajstić information content (AvgIpc) is 2.74. The molecule has 0 aromatic heterocycles. The monoisotopic (exact) mass is 291 g/mol. The van der Waals surface area contributed by atoms with Crippen molar-refractivity contribution in [1.29, 1.82) is 0 Å². The van der Waals surface area contributed by atoms with E-state index in [2.05, 4.69) is 0 Å². The first-order chi connectivity index (χ1) is 10.1. The van der Waals surface area contributed by atoms with Crippen LogP contribution in [-0.4, -0.2) is 24.6 Å². The normalized spacial score (nSPS) is 16.0. The molecule has 0 heterocycles. The minimum absolute atomic E-state index is 0.0144. The van der Waals surface area contributed by atoms with Gasteiger partial charge in [-0.3, -0.25) is 4.79 Å². The van der Waals surface area contributed by atoms with Crippen LogP contribution in [0.2, 0.25) is 0 Å². The summed E-state index contributed by atoms with van der Waals surface area (Å²) in [5, 5.41) is 0. The molecule has 0 unspecified atom stereocenters. The van der Waals surface area contributed by atoms with Gasteiger partial charge in [0.05, 0.1) is 0 Å². The van der Waals surface area contributed by atoms with Crippen molar-refractivity contribution in [3.05, 3.63) is 29.8 Å². The Morgan fingerprint density at radius 2 is 1.86 bits per heavy atom. The lowest BCUT2D eigenvalue weighted by Gasteiger charge is -2.15. The van der Waals surface area contributed by atoms with Gasteiger partial charge in [-0.1, -0.05) is 18.9 Å². The van der Waals surface area contributed by atoms with Crippen molar-refractivity contribution in [3.8, 4) is 5.75 Å². The van der Waals surface area contributed by atoms with Gasteiger partial charge >= 0.3 is 5.97 Å². The second-order valence-electron chi connectivity index (χ2n) is 5.28. The molecule has 0 radical (unpaired) electrons. The van der Waals surface area contributed by atoms with Gasteiger partial charge in [-0.15, -0.1) is 0 Å². The van der Waals surface area contributed by atoms with Crippen molar-refractivity contribution < 1.29 is 19.1 Å². The van der Waals surface area contributed by atoms with E-state index in [1.165, 1.54) is 18.9 Å². The van der Waals surface area contributed by atoms with Gasteiger partial charge in [0.25, 0.3) is 0 Å². The SMILES string of the molecule is NC(=O)c1cccc(OCC(=O)OC2CCCCCC2)c1. The van der Waals surface area contributed by atoms with Crippen molar-refractivity contribution >= 4 is 11.9 Å². The molecule has 2 N–H and O–H groups in total. The molecule has 5 nitrogen and oxygen atoms in total. The van der Waals surface area contributed by atoms with Crippen LogP contribution in [0.1, 0.15) is 48.9 Å². The highest BCUT2D eigenvalue weighted by atomic mass is 16.6. The van der Waals surface area contributed by atoms with Gasteiger partial charge in [-0.25, -0.2) is 4.79 Å². The number of amides is 1. The van der Waals surface area contributed by atoms with E-state index in [9.17, 15) is 9.59 Å². The van der Waals surface area contributed by atoms with Crippen LogP contribution < -0.4 is 10.5 Å². The number of primary amides is 1. The summed E-state index contributed by atoms with van der Waals surface area (Å²) in [6, 6.07) is 6.44. The quantitative estimate of drug-likeness (QED) is 0.667. The summed E-state index contributed by atoms with van der Waals surface area (Å²) >= 11 is 0. The van der Waals surface area contributed by atoms with E-state index in [0.717, 1.165) is 25.7 Å². The van der Waals surface area contributed by atoms with E-state index >= 15 is 0 Å². The summed E-state index contributed by atoms with van der Waals surface area (Å²) in [7, 11) is 0. The summed E-state index contributed by atoms with van der Waals surface area (Å²) in [6.07, 6.45) is 6.53. The number of ether oxygens (including phenoxy) is 2. The van der Waals surface area contributed by atoms with Gasteiger partial charge in [0.15, 0.2) is 6.61 Å². The van der Waals surface area contributed by atoms with Crippen molar-refractivity contribution in [2.75, 3.05) is 6.61 Å². The van der Waals surface area contributed by atoms with Crippen LogP contribution in [0, 0.1) is 0 Å². The van der Waals surface area contributed by atoms with Crippen molar-refractivity contribution in [2.24, 2.45) is 5.73 Å². The highest BCUT2D eigenvalue weighted by Gasteiger charge is 2.17. The van der Waals surface area contributed by atoms with E-state index in [-0.39, 0.29) is 18.7 Å². The Balaban J connectivity index is 1.80. The predicted molar refractivity (Wildman–Crippen MR) is 78.0 cm³/mol. The molecule has 1 aliphatic rings. The largest absolute Gasteiger partial charge is 0.482 e. The van der Waals surface area contributed by atoms with Gasteiger partial charge < -0.3 is 15.2 Å². The number of carbonyl (C=O) groups is 2. The molecule has 0 aliphatic heterocycles. The number of hydrogen-bond acceptors (Lipinski definition) is 4. The Morgan fingerprint density at radius 3 is 2.52 bits per heavy atom. The van der Waals surface area contributed by atoms with E-state index < -0.39 is 5.91 Å². The maximum absolute atomic E-state index is 11.8. The molecular weight excluding hydrogens is 270 g/mol. The van der Waals surface area contributed by atoms with E-state index in [4.69, 9.17) is 15.2 Å². The standard InChI is InChI=1S/C16H21NO4/c17-16(19)12-6-5-9-14(10-12)20-11-15(18)21-13-7-3-1-2-4-8-13/h5-6,9-10,13H,1-4,7-8,11H2,(H2,17,19). The maximum atomic E-state index is 11.8. The van der Waals surface area contributed by atoms with Gasteiger partial charge in [-0.2, -0.15) is 0 Å². The summed E-state index contributed by atoms with van der Waals surface area (Å²) in [5.74, 6) is -0.461. The third-order valence-corrected chi connectivity index (χ3v) is 3.58. The fraction of sp³-hybridized carbons (Fsp3) is 0.500. The highest BCUT2D eigenvalue weighted by Crippen LogP contribution is 2.20. The highest BCUT2D eigenvalue weighted by molar-refractivity contribution is 5.93. The van der Waals surface area contributed by atoms with Crippen molar-refractivity contribution in [1.82, 2.24) is 0 Å². The zero-order chi connectivity index (χ0) is 15.1. The van der Waals surface area contributed by atoms with Crippen LogP contribution in [0.4, 0.5) is 0 Å². The first-order valence-electron chi connectivity index (χ1n) is 7.37. The molecule has 114 valence electrons. The first-order valence-corrected chi connectivity index (χ1v) is 7.37. The number of esters is 1. The fourth-order valence-corrected chi connectivity index (χ4v) is 2.46. The Morgan fingerprint density at radius 1 is 1.14 bits per heavy atom. The summed E-state index contributed by atoms with van der Waals surface area (Å²) in [4.78, 5) is 22.8. The van der Waals surface area contributed by atoms with Crippen LogP contribution in [0.5, 0.6) is 5.75 Å². The molecule has 1 amide bonds. The third-order valence-electron chi connectivity index (χ3n) is 3.58. The lowest BCUT2D eigenvalue weighted by Crippen LogP contribution is -2.22. The molecule has 2 rings (SSSR count). The molecule has 1 aliphatic carbocycles. The van der Waals surface area contributed by atoms with Crippen molar-refractivity contribution in [2.45, 2.75) is 44.6 Å². The third kappa shape index (κ3) is 5.10. The molecule has 1 aromatic rings. The summed E-state index contributed by atoms with van der Waals surface area (Å²) in [5.41, 5.74) is 5.54. The predicted octanol–water partition coefficient (Wildman–Crippen LogP) is 2.43. The number of carbonyl (C=O) groups excluding carboxylic acids is 2. The van der Waals surface area contributed by atoms with Crippen molar-refractivity contribution in [3.63, 3.8) is 0 Å². The zero-order valence-corrected chi connectivity index (χ0v) is 12.0. The minimum atomic E-state index is -0.526. The molecule has 1 saturated carbocycles. The molecule has 0 spiro atoms. The number of rotatable bonds is 5.